The van der Waals surface area contributed by atoms with Crippen molar-refractivity contribution in [3.63, 3.8) is 0 Å². The molecule has 0 aliphatic carbocycles. The number of likely N-dealkylation sites (N-methyl/N-ethyl adjacent to an activating group) is 1. The average molecular weight is 302 g/mol. The van der Waals surface area contributed by atoms with Crippen molar-refractivity contribution in [1.29, 1.82) is 0 Å². The Kier molecular flexibility index (Phi) is 4.96. The summed E-state index contributed by atoms with van der Waals surface area (Å²) in [7, 11) is 0. The second kappa shape index (κ2) is 6.02. The molecule has 5 heteroatoms. The standard InChI is InChI=1S/C12H16BrNO3/c1-3-14(8(2)12(16)17)7-9-6-10(13)4-5-11(9)15/h4-6,8,15H,3,7H2,1-2H3,(H,16,17). The predicted octanol–water partition coefficient (Wildman–Crippen LogP) is 2.45. The molecule has 0 aromatic heterocycles. The Morgan fingerprint density at radius 1 is 1.53 bits per heavy atom. The van der Waals surface area contributed by atoms with E-state index in [-0.39, 0.29) is 5.75 Å². The Morgan fingerprint density at radius 3 is 2.71 bits per heavy atom. The van der Waals surface area contributed by atoms with Gasteiger partial charge in [-0.3, -0.25) is 9.69 Å². The van der Waals surface area contributed by atoms with E-state index in [1.807, 2.05) is 6.92 Å². The van der Waals surface area contributed by atoms with Crippen LogP contribution in [-0.4, -0.2) is 33.7 Å². The number of aromatic hydroxyl groups is 1. The van der Waals surface area contributed by atoms with Crippen LogP contribution in [0.4, 0.5) is 0 Å². The molecule has 0 aliphatic heterocycles. The molecule has 0 saturated carbocycles. The first-order chi connectivity index (χ1) is 7.95. The van der Waals surface area contributed by atoms with Crippen molar-refractivity contribution in [1.82, 2.24) is 4.90 Å². The van der Waals surface area contributed by atoms with Gasteiger partial charge in [-0.05, 0) is 31.7 Å². The zero-order chi connectivity index (χ0) is 13.0. The highest BCUT2D eigenvalue weighted by atomic mass is 79.9. The number of carboxylic acids is 1. The summed E-state index contributed by atoms with van der Waals surface area (Å²) in [5.74, 6) is -0.675. The van der Waals surface area contributed by atoms with Crippen molar-refractivity contribution in [2.45, 2.75) is 26.4 Å². The van der Waals surface area contributed by atoms with E-state index >= 15 is 0 Å². The van der Waals surface area contributed by atoms with E-state index < -0.39 is 12.0 Å². The monoisotopic (exact) mass is 301 g/mol. The number of rotatable bonds is 5. The molecule has 1 atom stereocenters. The molecule has 0 bridgehead atoms. The van der Waals surface area contributed by atoms with E-state index in [1.54, 1.807) is 30.0 Å². The molecule has 1 rings (SSSR count). The number of aliphatic carboxylic acids is 1. The summed E-state index contributed by atoms with van der Waals surface area (Å²) in [5.41, 5.74) is 0.717. The lowest BCUT2D eigenvalue weighted by Gasteiger charge is -2.25. The molecule has 1 aromatic rings. The van der Waals surface area contributed by atoms with Crippen LogP contribution in [0.15, 0.2) is 22.7 Å². The first-order valence-corrected chi connectivity index (χ1v) is 6.19. The Hall–Kier alpha value is -1.07. The van der Waals surface area contributed by atoms with Gasteiger partial charge in [-0.15, -0.1) is 0 Å². The number of nitrogens with zero attached hydrogens (tertiary/aromatic N) is 1. The minimum atomic E-state index is -0.860. The highest BCUT2D eigenvalue weighted by Crippen LogP contribution is 2.23. The molecule has 0 fully saturated rings. The third-order valence-electron chi connectivity index (χ3n) is 2.73. The van der Waals surface area contributed by atoms with Gasteiger partial charge in [0.05, 0.1) is 0 Å². The summed E-state index contributed by atoms with van der Waals surface area (Å²) in [6, 6.07) is 4.57. The fraction of sp³-hybridized carbons (Fsp3) is 0.417. The van der Waals surface area contributed by atoms with Crippen LogP contribution in [0, 0.1) is 0 Å². The van der Waals surface area contributed by atoms with E-state index in [2.05, 4.69) is 15.9 Å². The zero-order valence-corrected chi connectivity index (χ0v) is 11.4. The van der Waals surface area contributed by atoms with Crippen LogP contribution in [0.1, 0.15) is 19.4 Å². The van der Waals surface area contributed by atoms with Crippen molar-refractivity contribution < 1.29 is 15.0 Å². The maximum Gasteiger partial charge on any atom is 0.320 e. The summed E-state index contributed by atoms with van der Waals surface area (Å²) >= 11 is 3.33. The van der Waals surface area contributed by atoms with Crippen LogP contribution < -0.4 is 0 Å². The lowest BCUT2D eigenvalue weighted by molar-refractivity contribution is -0.142. The molecular weight excluding hydrogens is 286 g/mol. The largest absolute Gasteiger partial charge is 0.508 e. The zero-order valence-electron chi connectivity index (χ0n) is 9.85. The number of hydrogen-bond acceptors (Lipinski definition) is 3. The predicted molar refractivity (Wildman–Crippen MR) is 69.0 cm³/mol. The fourth-order valence-corrected chi connectivity index (χ4v) is 1.99. The Balaban J connectivity index is 2.87. The molecule has 2 N–H and O–H groups in total. The second-order valence-corrected chi connectivity index (χ2v) is 4.77. The Morgan fingerprint density at radius 2 is 2.18 bits per heavy atom. The fourth-order valence-electron chi connectivity index (χ4n) is 1.58. The lowest BCUT2D eigenvalue weighted by Crippen LogP contribution is -2.38. The number of phenolic OH excluding ortho intramolecular Hbond substituents is 1. The highest BCUT2D eigenvalue weighted by Gasteiger charge is 2.20. The minimum Gasteiger partial charge on any atom is -0.508 e. The molecule has 1 aromatic carbocycles. The molecule has 0 spiro atoms. The minimum absolute atomic E-state index is 0.184. The molecule has 4 nitrogen and oxygen atoms in total. The second-order valence-electron chi connectivity index (χ2n) is 3.85. The van der Waals surface area contributed by atoms with E-state index in [0.717, 1.165) is 4.47 Å². The van der Waals surface area contributed by atoms with Gasteiger partial charge in [0, 0.05) is 16.6 Å². The Bertz CT molecular complexity index is 409. The highest BCUT2D eigenvalue weighted by molar-refractivity contribution is 9.10. The summed E-state index contributed by atoms with van der Waals surface area (Å²) < 4.78 is 0.865. The molecule has 0 saturated heterocycles. The van der Waals surface area contributed by atoms with Gasteiger partial charge >= 0.3 is 5.97 Å². The first kappa shape index (κ1) is 14.0. The van der Waals surface area contributed by atoms with Gasteiger partial charge in [-0.25, -0.2) is 0 Å². The maximum absolute atomic E-state index is 10.9. The van der Waals surface area contributed by atoms with E-state index in [4.69, 9.17) is 5.11 Å². The summed E-state index contributed by atoms with van der Waals surface area (Å²) in [4.78, 5) is 12.7. The number of carbonyl (C=O) groups is 1. The van der Waals surface area contributed by atoms with Gasteiger partial charge in [0.25, 0.3) is 0 Å². The normalized spacial score (nSPS) is 12.7. The van der Waals surface area contributed by atoms with Gasteiger partial charge in [0.2, 0.25) is 0 Å². The Labute approximate surface area is 109 Å². The van der Waals surface area contributed by atoms with E-state index in [1.165, 1.54) is 0 Å². The van der Waals surface area contributed by atoms with Crippen LogP contribution in [0.3, 0.4) is 0 Å². The van der Waals surface area contributed by atoms with Crippen LogP contribution in [0.5, 0.6) is 5.75 Å². The molecule has 17 heavy (non-hydrogen) atoms. The van der Waals surface area contributed by atoms with Crippen molar-refractivity contribution in [2.24, 2.45) is 0 Å². The van der Waals surface area contributed by atoms with Crippen LogP contribution in [0.2, 0.25) is 0 Å². The van der Waals surface area contributed by atoms with Gasteiger partial charge in [-0.2, -0.15) is 0 Å². The third kappa shape index (κ3) is 3.71. The molecular formula is C12H16BrNO3. The van der Waals surface area contributed by atoms with Gasteiger partial charge < -0.3 is 10.2 Å². The third-order valence-corrected chi connectivity index (χ3v) is 3.22. The average Bonchev–Trinajstić information content (AvgIpc) is 2.29. The number of benzene rings is 1. The summed E-state index contributed by atoms with van der Waals surface area (Å²) in [5, 5.41) is 18.7. The molecule has 0 heterocycles. The van der Waals surface area contributed by atoms with Gasteiger partial charge in [-0.1, -0.05) is 22.9 Å². The summed E-state index contributed by atoms with van der Waals surface area (Å²) in [6.07, 6.45) is 0. The summed E-state index contributed by atoms with van der Waals surface area (Å²) in [6.45, 7) is 4.56. The van der Waals surface area contributed by atoms with Crippen LogP contribution in [-0.2, 0) is 11.3 Å². The molecule has 0 aliphatic rings. The van der Waals surface area contributed by atoms with Gasteiger partial charge in [0.1, 0.15) is 11.8 Å². The number of hydrogen-bond donors (Lipinski definition) is 2. The van der Waals surface area contributed by atoms with Crippen LogP contribution >= 0.6 is 15.9 Å². The molecule has 1 unspecified atom stereocenters. The number of halogens is 1. The van der Waals surface area contributed by atoms with Crippen molar-refractivity contribution in [2.75, 3.05) is 6.54 Å². The molecule has 94 valence electrons. The van der Waals surface area contributed by atoms with Crippen molar-refractivity contribution in [3.05, 3.63) is 28.2 Å². The topological polar surface area (TPSA) is 60.8 Å². The van der Waals surface area contributed by atoms with Crippen LogP contribution in [0.25, 0.3) is 0 Å². The van der Waals surface area contributed by atoms with E-state index in [0.29, 0.717) is 18.7 Å². The number of phenols is 1. The molecule has 0 radical (unpaired) electrons. The van der Waals surface area contributed by atoms with Crippen molar-refractivity contribution >= 4 is 21.9 Å². The molecule has 0 amide bonds. The SMILES string of the molecule is CCN(Cc1cc(Br)ccc1O)C(C)C(=O)O. The van der Waals surface area contributed by atoms with Gasteiger partial charge in [0.15, 0.2) is 0 Å². The first-order valence-electron chi connectivity index (χ1n) is 5.40. The van der Waals surface area contributed by atoms with E-state index in [9.17, 15) is 9.90 Å². The maximum atomic E-state index is 10.9. The quantitative estimate of drug-likeness (QED) is 0.877. The lowest BCUT2D eigenvalue weighted by atomic mass is 10.1. The number of carboxylic acid groups (broad SMARTS) is 1. The van der Waals surface area contributed by atoms with Crippen molar-refractivity contribution in [3.8, 4) is 5.75 Å². The smallest absolute Gasteiger partial charge is 0.320 e.